The summed E-state index contributed by atoms with van der Waals surface area (Å²) in [7, 11) is 0. The number of esters is 1. The van der Waals surface area contributed by atoms with Gasteiger partial charge in [0.1, 0.15) is 5.82 Å². The Kier molecular flexibility index (Phi) is 4.07. The van der Waals surface area contributed by atoms with Crippen LogP contribution < -0.4 is 4.74 Å². The zero-order valence-corrected chi connectivity index (χ0v) is 10.8. The van der Waals surface area contributed by atoms with Crippen molar-refractivity contribution in [3.63, 3.8) is 0 Å². The maximum atomic E-state index is 13.0. The van der Waals surface area contributed by atoms with Crippen molar-refractivity contribution in [2.24, 2.45) is 0 Å². The summed E-state index contributed by atoms with van der Waals surface area (Å²) < 4.78 is 17.8. The molecule has 0 saturated carbocycles. The van der Waals surface area contributed by atoms with Crippen molar-refractivity contribution in [1.29, 1.82) is 0 Å². The second-order valence-electron chi connectivity index (χ2n) is 4.06. The van der Waals surface area contributed by atoms with Crippen LogP contribution in [-0.2, 0) is 0 Å². The number of benzene rings is 2. The molecule has 2 rings (SSSR count). The zero-order valence-electron chi connectivity index (χ0n) is 10.8. The summed E-state index contributed by atoms with van der Waals surface area (Å²) in [5.74, 6) is -2.22. The van der Waals surface area contributed by atoms with Crippen LogP contribution in [0.2, 0.25) is 0 Å². The lowest BCUT2D eigenvalue weighted by atomic mass is 10.2. The topological polar surface area (TPSA) is 113 Å². The second kappa shape index (κ2) is 5.95. The van der Waals surface area contributed by atoms with Gasteiger partial charge in [0.15, 0.2) is 0 Å². The molecule has 0 aliphatic rings. The molecule has 8 nitrogen and oxygen atoms in total. The van der Waals surface area contributed by atoms with Gasteiger partial charge in [0.25, 0.3) is 5.69 Å². The van der Waals surface area contributed by atoms with Crippen LogP contribution in [0.5, 0.6) is 5.75 Å². The Labute approximate surface area is 122 Å². The average Bonchev–Trinajstić information content (AvgIpc) is 2.48. The van der Waals surface area contributed by atoms with Crippen molar-refractivity contribution in [1.82, 2.24) is 0 Å². The SMILES string of the molecule is O=C(Oc1ccc(F)cc1[N+](=O)[O-])c1ccc([N+](=O)[O-])cc1. The van der Waals surface area contributed by atoms with Gasteiger partial charge in [-0.2, -0.15) is 0 Å². The number of nitro benzene ring substituents is 2. The van der Waals surface area contributed by atoms with Gasteiger partial charge in [-0.25, -0.2) is 9.18 Å². The van der Waals surface area contributed by atoms with Crippen molar-refractivity contribution in [3.05, 3.63) is 74.1 Å². The largest absolute Gasteiger partial charge is 0.416 e. The maximum absolute atomic E-state index is 13.0. The van der Waals surface area contributed by atoms with Crippen LogP contribution in [0.1, 0.15) is 10.4 Å². The average molecular weight is 306 g/mol. The third-order valence-corrected chi connectivity index (χ3v) is 2.63. The molecule has 2 aromatic rings. The minimum Gasteiger partial charge on any atom is -0.416 e. The molecule has 0 aromatic heterocycles. The summed E-state index contributed by atoms with van der Waals surface area (Å²) in [5, 5.41) is 21.3. The Bertz CT molecular complexity index is 760. The Morgan fingerprint density at radius 1 is 1.00 bits per heavy atom. The van der Waals surface area contributed by atoms with Crippen molar-refractivity contribution in [2.75, 3.05) is 0 Å². The lowest BCUT2D eigenvalue weighted by Crippen LogP contribution is -2.10. The molecule has 22 heavy (non-hydrogen) atoms. The van der Waals surface area contributed by atoms with E-state index in [1.165, 1.54) is 0 Å². The van der Waals surface area contributed by atoms with Gasteiger partial charge in [0.2, 0.25) is 5.75 Å². The van der Waals surface area contributed by atoms with Crippen molar-refractivity contribution in [2.45, 2.75) is 0 Å². The number of rotatable bonds is 4. The van der Waals surface area contributed by atoms with E-state index in [-0.39, 0.29) is 11.3 Å². The summed E-state index contributed by atoms with van der Waals surface area (Å²) in [5.41, 5.74) is -0.955. The molecule has 0 spiro atoms. The van der Waals surface area contributed by atoms with Gasteiger partial charge < -0.3 is 4.74 Å². The first kappa shape index (κ1) is 15.0. The molecule has 0 bridgehead atoms. The summed E-state index contributed by atoms with van der Waals surface area (Å²) in [6, 6.07) is 6.97. The highest BCUT2D eigenvalue weighted by atomic mass is 19.1. The van der Waals surface area contributed by atoms with Gasteiger partial charge in [0.05, 0.1) is 21.5 Å². The lowest BCUT2D eigenvalue weighted by molar-refractivity contribution is -0.385. The summed E-state index contributed by atoms with van der Waals surface area (Å²) in [6.07, 6.45) is 0. The van der Waals surface area contributed by atoms with Crippen LogP contribution in [0, 0.1) is 26.0 Å². The van der Waals surface area contributed by atoms with Crippen molar-refractivity contribution >= 4 is 17.3 Å². The molecule has 0 saturated heterocycles. The molecule has 0 aliphatic carbocycles. The van der Waals surface area contributed by atoms with Gasteiger partial charge >= 0.3 is 11.7 Å². The highest BCUT2D eigenvalue weighted by Crippen LogP contribution is 2.28. The van der Waals surface area contributed by atoms with Crippen LogP contribution in [0.4, 0.5) is 15.8 Å². The summed E-state index contributed by atoms with van der Waals surface area (Å²) >= 11 is 0. The van der Waals surface area contributed by atoms with Crippen LogP contribution in [-0.4, -0.2) is 15.8 Å². The lowest BCUT2D eigenvalue weighted by Gasteiger charge is -2.05. The number of carbonyl (C=O) groups is 1. The minimum absolute atomic E-state index is 0.0378. The smallest absolute Gasteiger partial charge is 0.343 e. The third kappa shape index (κ3) is 3.20. The van der Waals surface area contributed by atoms with E-state index >= 15 is 0 Å². The molecular formula is C13H7FN2O6. The summed E-state index contributed by atoms with van der Waals surface area (Å²) in [6.45, 7) is 0. The Morgan fingerprint density at radius 3 is 2.18 bits per heavy atom. The van der Waals surface area contributed by atoms with Crippen molar-refractivity contribution in [3.8, 4) is 5.75 Å². The summed E-state index contributed by atoms with van der Waals surface area (Å²) in [4.78, 5) is 31.6. The molecule has 2 aromatic carbocycles. The molecule has 0 aliphatic heterocycles. The van der Waals surface area contributed by atoms with E-state index in [1.54, 1.807) is 0 Å². The van der Waals surface area contributed by atoms with Crippen LogP contribution in [0.3, 0.4) is 0 Å². The number of carbonyl (C=O) groups excluding carboxylic acids is 1. The molecule has 0 heterocycles. The molecule has 0 amide bonds. The fourth-order valence-corrected chi connectivity index (χ4v) is 1.60. The van der Waals surface area contributed by atoms with Crippen LogP contribution in [0.15, 0.2) is 42.5 Å². The first-order valence-corrected chi connectivity index (χ1v) is 5.79. The van der Waals surface area contributed by atoms with Crippen LogP contribution >= 0.6 is 0 Å². The first-order chi connectivity index (χ1) is 10.4. The zero-order chi connectivity index (χ0) is 16.3. The predicted molar refractivity (Wildman–Crippen MR) is 71.1 cm³/mol. The number of hydrogen-bond donors (Lipinski definition) is 0. The molecule has 0 atom stereocenters. The van der Waals surface area contributed by atoms with E-state index in [0.717, 1.165) is 36.4 Å². The van der Waals surface area contributed by atoms with E-state index in [4.69, 9.17) is 4.74 Å². The minimum atomic E-state index is -0.954. The van der Waals surface area contributed by atoms with Gasteiger partial charge in [-0.1, -0.05) is 0 Å². The molecule has 112 valence electrons. The number of ether oxygens (including phenoxy) is 1. The standard InChI is InChI=1S/C13H7FN2O6/c14-9-3-6-12(11(7-9)16(20)21)22-13(17)8-1-4-10(5-2-8)15(18)19/h1-7H. The van der Waals surface area contributed by atoms with E-state index in [9.17, 15) is 29.4 Å². The fraction of sp³-hybridized carbons (Fsp3) is 0. The third-order valence-electron chi connectivity index (χ3n) is 2.63. The highest BCUT2D eigenvalue weighted by Gasteiger charge is 2.20. The number of halogens is 1. The van der Waals surface area contributed by atoms with E-state index in [0.29, 0.717) is 6.07 Å². The maximum Gasteiger partial charge on any atom is 0.343 e. The monoisotopic (exact) mass is 306 g/mol. The molecule has 0 N–H and O–H groups in total. The highest BCUT2D eigenvalue weighted by molar-refractivity contribution is 5.91. The number of non-ortho nitro benzene ring substituents is 1. The van der Waals surface area contributed by atoms with E-state index < -0.39 is 33.1 Å². The van der Waals surface area contributed by atoms with E-state index in [1.807, 2.05) is 0 Å². The Hall–Kier alpha value is -3.36. The van der Waals surface area contributed by atoms with Crippen LogP contribution in [0.25, 0.3) is 0 Å². The Balaban J connectivity index is 2.25. The predicted octanol–water partition coefficient (Wildman–Crippen LogP) is 2.86. The number of nitro groups is 2. The normalized spacial score (nSPS) is 10.0. The second-order valence-corrected chi connectivity index (χ2v) is 4.06. The van der Waals surface area contributed by atoms with Gasteiger partial charge in [0, 0.05) is 12.1 Å². The molecule has 0 fully saturated rings. The Morgan fingerprint density at radius 2 is 1.64 bits per heavy atom. The van der Waals surface area contributed by atoms with Gasteiger partial charge in [-0.05, 0) is 24.3 Å². The van der Waals surface area contributed by atoms with Gasteiger partial charge in [-0.15, -0.1) is 0 Å². The first-order valence-electron chi connectivity index (χ1n) is 5.79. The quantitative estimate of drug-likeness (QED) is 0.371. The molecule has 0 radical (unpaired) electrons. The fourth-order valence-electron chi connectivity index (χ4n) is 1.60. The molecular weight excluding hydrogens is 299 g/mol. The van der Waals surface area contributed by atoms with Crippen molar-refractivity contribution < 1.29 is 23.8 Å². The number of hydrogen-bond acceptors (Lipinski definition) is 6. The number of nitrogens with zero attached hydrogens (tertiary/aromatic N) is 2. The molecule has 9 heteroatoms. The van der Waals surface area contributed by atoms with Gasteiger partial charge in [-0.3, -0.25) is 20.2 Å². The molecule has 0 unspecified atom stereocenters. The van der Waals surface area contributed by atoms with E-state index in [2.05, 4.69) is 0 Å².